The van der Waals surface area contributed by atoms with Crippen LogP contribution in [0, 0.1) is 0 Å². The molecule has 0 aromatic carbocycles. The molecular weight excluding hydrogens is 1100 g/mol. The van der Waals surface area contributed by atoms with E-state index in [2.05, 4.69) is 44.1 Å². The van der Waals surface area contributed by atoms with Gasteiger partial charge in [-0.3, -0.25) is 47.9 Å². The van der Waals surface area contributed by atoms with E-state index < -0.39 is 181 Å². The van der Waals surface area contributed by atoms with E-state index in [0.29, 0.717) is 12.8 Å². The Kier molecular flexibility index (Phi) is 34.8. The highest BCUT2D eigenvalue weighted by atomic mass is 35.5. The van der Waals surface area contributed by atoms with E-state index in [-0.39, 0.29) is 45.3 Å². The van der Waals surface area contributed by atoms with Gasteiger partial charge in [0.05, 0.1) is 37.0 Å². The number of carboxylic acid groups (broad SMARTS) is 2. The summed E-state index contributed by atoms with van der Waals surface area (Å²) in [5.74, 6) is -17.8. The van der Waals surface area contributed by atoms with Gasteiger partial charge in [-0.05, 0) is 72.0 Å². The number of amides is 9. The molecular formula is C49H83ClN12O19. The van der Waals surface area contributed by atoms with Crippen LogP contribution in [-0.2, 0) is 62.3 Å². The summed E-state index contributed by atoms with van der Waals surface area (Å²) in [4.78, 5) is 162. The molecule has 460 valence electrons. The van der Waals surface area contributed by atoms with Crippen molar-refractivity contribution < 1.29 is 92.9 Å². The number of carboxylic acids is 2. The molecule has 81 heavy (non-hydrogen) atoms. The molecule has 1 heterocycles. The zero-order valence-corrected chi connectivity index (χ0v) is 46.5. The molecule has 0 aliphatic carbocycles. The van der Waals surface area contributed by atoms with E-state index in [1.54, 1.807) is 0 Å². The van der Waals surface area contributed by atoms with Gasteiger partial charge in [-0.25, -0.2) is 9.59 Å². The fraction of sp³-hybridized carbons (Fsp3) is 0.714. The molecule has 0 radical (unpaired) electrons. The van der Waals surface area contributed by atoms with Crippen molar-refractivity contribution in [1.29, 1.82) is 0 Å². The second-order valence-corrected chi connectivity index (χ2v) is 19.5. The van der Waals surface area contributed by atoms with Gasteiger partial charge in [0, 0.05) is 0 Å². The summed E-state index contributed by atoms with van der Waals surface area (Å²) in [7, 11) is 0. The molecule has 0 spiro atoms. The van der Waals surface area contributed by atoms with Crippen molar-refractivity contribution in [2.45, 2.75) is 190 Å². The number of carbonyl (C=O) groups excluding carboxylic acids is 10. The first-order valence-corrected chi connectivity index (χ1v) is 27.2. The largest absolute Gasteiger partial charge is 0.481 e. The van der Waals surface area contributed by atoms with Crippen LogP contribution < -0.4 is 65.1 Å². The van der Waals surface area contributed by atoms with Crippen LogP contribution in [0.5, 0.6) is 0 Å². The van der Waals surface area contributed by atoms with Crippen LogP contribution >= 0.6 is 11.6 Å². The van der Waals surface area contributed by atoms with Crippen LogP contribution in [0.3, 0.4) is 0 Å². The molecule has 0 aromatic heterocycles. The minimum absolute atomic E-state index is 0.123. The first kappa shape index (κ1) is 72.4. The average Bonchev–Trinajstić information content (AvgIpc) is 3.41. The van der Waals surface area contributed by atoms with Crippen molar-refractivity contribution in [2.24, 2.45) is 17.2 Å². The van der Waals surface area contributed by atoms with E-state index in [1.165, 1.54) is 6.92 Å². The van der Waals surface area contributed by atoms with E-state index >= 15 is 0 Å². The van der Waals surface area contributed by atoms with Gasteiger partial charge >= 0.3 is 17.9 Å². The number of unbranched alkanes of at least 4 members (excludes halogenated alkanes) is 7. The lowest BCUT2D eigenvalue weighted by atomic mass is 10.0. The molecule has 1 aliphatic heterocycles. The fourth-order valence-corrected chi connectivity index (χ4v) is 8.05. The maximum atomic E-state index is 14.1. The minimum atomic E-state index is -2.83. The summed E-state index contributed by atoms with van der Waals surface area (Å²) in [5, 5.41) is 82.0. The minimum Gasteiger partial charge on any atom is -0.481 e. The summed E-state index contributed by atoms with van der Waals surface area (Å²) < 4.78 is 5.26. The van der Waals surface area contributed by atoms with Gasteiger partial charge < -0.3 is 100 Å². The predicted molar refractivity (Wildman–Crippen MR) is 286 cm³/mol. The fourth-order valence-electron chi connectivity index (χ4n) is 7.87. The molecule has 21 N–H and O–H groups in total. The second kappa shape index (κ2) is 38.9. The normalized spacial score (nSPS) is 24.8. The number of nitrogens with two attached hydrogens (primary N) is 3. The summed E-state index contributed by atoms with van der Waals surface area (Å²) in [6.07, 6.45) is -2.79. The number of nitrogens with one attached hydrogen (secondary N) is 9. The molecule has 31 nitrogen and oxygen atoms in total. The van der Waals surface area contributed by atoms with Crippen LogP contribution in [0.1, 0.15) is 117 Å². The van der Waals surface area contributed by atoms with E-state index in [0.717, 1.165) is 51.5 Å². The number of aliphatic hydroxyl groups is 4. The Morgan fingerprint density at radius 2 is 1.16 bits per heavy atom. The van der Waals surface area contributed by atoms with Crippen LogP contribution in [0.25, 0.3) is 0 Å². The second-order valence-electron chi connectivity index (χ2n) is 19.2. The quantitative estimate of drug-likeness (QED) is 0.0166. The number of ether oxygens (including phenoxy) is 1. The van der Waals surface area contributed by atoms with Crippen LogP contribution in [0.15, 0.2) is 11.8 Å². The molecule has 0 bridgehead atoms. The Bertz CT molecular complexity index is 2160. The first-order chi connectivity index (χ1) is 38.3. The molecule has 1 unspecified atom stereocenters. The highest BCUT2D eigenvalue weighted by Gasteiger charge is 2.41. The number of hydrogen-bond acceptors (Lipinski definition) is 20. The Labute approximate surface area is 473 Å². The Morgan fingerprint density at radius 1 is 0.642 bits per heavy atom. The van der Waals surface area contributed by atoms with Gasteiger partial charge in [-0.2, -0.15) is 0 Å². The molecule has 0 aromatic rings. The third-order valence-electron chi connectivity index (χ3n) is 12.5. The monoisotopic (exact) mass is 1180 g/mol. The summed E-state index contributed by atoms with van der Waals surface area (Å²) in [6, 6.07) is -15.8. The number of esters is 1. The number of hydrogen-bond donors (Lipinski definition) is 18. The van der Waals surface area contributed by atoms with Crippen molar-refractivity contribution >= 4 is 82.7 Å². The van der Waals surface area contributed by atoms with Gasteiger partial charge in [-0.1, -0.05) is 57.9 Å². The molecule has 0 saturated carbocycles. The molecule has 32 heteroatoms. The summed E-state index contributed by atoms with van der Waals surface area (Å²) in [6.45, 7) is 2.56. The zero-order chi connectivity index (χ0) is 61.4. The molecule has 1 saturated heterocycles. The molecule has 1 aliphatic rings. The molecule has 1 rings (SSSR count). The Morgan fingerprint density at radius 3 is 1.68 bits per heavy atom. The Hall–Kier alpha value is -6.61. The number of allylic oxidation sites excluding steroid dienone is 1. The van der Waals surface area contributed by atoms with Gasteiger partial charge in [0.25, 0.3) is 5.91 Å². The van der Waals surface area contributed by atoms with Crippen LogP contribution in [0.2, 0.25) is 0 Å². The third kappa shape index (κ3) is 26.7. The number of aliphatic carboxylic acids is 2. The lowest BCUT2D eigenvalue weighted by molar-refractivity contribution is -0.155. The zero-order valence-electron chi connectivity index (χ0n) is 45.7. The average molecular weight is 1180 g/mol. The van der Waals surface area contributed by atoms with Crippen molar-refractivity contribution in [3.05, 3.63) is 11.8 Å². The number of carbonyl (C=O) groups is 12. The lowest BCUT2D eigenvalue weighted by Gasteiger charge is -2.28. The van der Waals surface area contributed by atoms with Crippen molar-refractivity contribution in [3.8, 4) is 0 Å². The molecule has 1 fully saturated rings. The summed E-state index contributed by atoms with van der Waals surface area (Å²) in [5.41, 5.74) is 16.4. The smallest absolute Gasteiger partial charge is 0.335 e. The van der Waals surface area contributed by atoms with Gasteiger partial charge in [0.2, 0.25) is 47.3 Å². The molecule has 12 atom stereocenters. The predicted octanol–water partition coefficient (Wildman–Crippen LogP) is -5.94. The van der Waals surface area contributed by atoms with Crippen molar-refractivity contribution in [2.75, 3.05) is 32.1 Å². The van der Waals surface area contributed by atoms with E-state index in [9.17, 15) is 88.2 Å². The topological polar surface area (TPSA) is 522 Å². The molecule has 9 amide bonds. The van der Waals surface area contributed by atoms with Crippen molar-refractivity contribution in [1.82, 2.24) is 47.9 Å². The van der Waals surface area contributed by atoms with Crippen LogP contribution in [-0.4, -0.2) is 207 Å². The van der Waals surface area contributed by atoms with Crippen LogP contribution in [0.4, 0.5) is 0 Å². The number of aliphatic hydroxyl groups excluding tert-OH is 4. The Balaban J connectivity index is 4.06. The number of rotatable bonds is 26. The maximum absolute atomic E-state index is 14.1. The van der Waals surface area contributed by atoms with Gasteiger partial charge in [0.1, 0.15) is 54.6 Å². The highest BCUT2D eigenvalue weighted by Crippen LogP contribution is 2.13. The van der Waals surface area contributed by atoms with E-state index in [1.807, 2.05) is 10.6 Å². The summed E-state index contributed by atoms with van der Waals surface area (Å²) >= 11 is 5.84. The third-order valence-corrected chi connectivity index (χ3v) is 12.8. The van der Waals surface area contributed by atoms with Gasteiger partial charge in [0.15, 0.2) is 12.1 Å². The number of cyclic esters (lactones) is 1. The van der Waals surface area contributed by atoms with E-state index in [4.69, 9.17) is 33.5 Å². The number of halogens is 1. The first-order valence-electron chi connectivity index (χ1n) is 26.7. The standard InChI is InChI=1S/C49H83ClN12O19/c1-4-6-7-8-9-10-11-14-26(64)21-34(66)54-32-24-81-49(80)37(33(65)23-50)61-47(77)38(39(69)48(78)79)62-40(70)27(5-2)55-46(76)36(25(3)63)60-43(73)30(17-20-53)57-41(71)28(15-12-13-18-51)56-44(74)31(22-35(67)68)59-42(72)29(16-19-52)58-45(32)75/h5,25-26,28-33,36-39,63-65,69H,4,6-24,51-53H2,1-3H3,(H,54,66)(H,55,76)(H,56,74)(H,57,71)(H,58,75)(H,59,72)(H,60,73)(H,61,77)(H,62,70)(H,67,68)(H,78,79)/t25-,26?,28-,29+,30-,31-,32-,33+,36-,37-,38-,39-/m0/s1. The highest BCUT2D eigenvalue weighted by molar-refractivity contribution is 6.18. The lowest BCUT2D eigenvalue weighted by Crippen LogP contribution is -2.62. The SMILES string of the molecule is CC=C1NC(=O)[C@H]([C@H](C)O)NC(=O)[C@H](CCN)NC(=O)[C@H](CCCCN)NC(=O)[C@H](CC(=O)O)NC(=O)[C@@H](CCN)NC(=O)[C@@H](NC(=O)CC(O)CCCCCCCCC)COC(=O)[C@H]([C@H](O)CCl)NC(=O)[C@H]([C@H](O)C(=O)O)NC1=O. The number of alkyl halides is 1. The maximum Gasteiger partial charge on any atom is 0.335 e. The van der Waals surface area contributed by atoms with Gasteiger partial charge in [-0.15, -0.1) is 11.6 Å². The van der Waals surface area contributed by atoms with Crippen molar-refractivity contribution in [3.63, 3.8) is 0 Å².